The number of halogens is 2. The van der Waals surface area contributed by atoms with Crippen LogP contribution in [0.25, 0.3) is 0 Å². The fourth-order valence-corrected chi connectivity index (χ4v) is 2.12. The molecule has 0 saturated heterocycles. The van der Waals surface area contributed by atoms with Gasteiger partial charge >= 0.3 is 0 Å². The second-order valence-electron chi connectivity index (χ2n) is 5.10. The third kappa shape index (κ3) is 2.38. The lowest BCUT2D eigenvalue weighted by Gasteiger charge is -2.27. The predicted molar refractivity (Wildman–Crippen MR) is 72.9 cm³/mol. The number of hydrogen-bond acceptors (Lipinski definition) is 1. The molecular weight excluding hydrogens is 244 g/mol. The van der Waals surface area contributed by atoms with Crippen molar-refractivity contribution in [3.8, 4) is 0 Å². The van der Waals surface area contributed by atoms with Crippen LogP contribution in [0.15, 0.2) is 36.4 Å². The lowest BCUT2D eigenvalue weighted by atomic mass is 9.84. The van der Waals surface area contributed by atoms with Gasteiger partial charge in [-0.3, -0.25) is 0 Å². The normalized spacial score (nSPS) is 14.2. The molecule has 2 N–H and O–H groups in total. The molecule has 100 valence electrons. The number of aryl methyl sites for hydroxylation is 2. The summed E-state index contributed by atoms with van der Waals surface area (Å²) in [5.41, 5.74) is 8.32. The number of nitrogens with two attached hydrogens (primary N) is 1. The van der Waals surface area contributed by atoms with E-state index in [0.717, 1.165) is 22.8 Å². The van der Waals surface area contributed by atoms with Gasteiger partial charge in [0.1, 0.15) is 0 Å². The van der Waals surface area contributed by atoms with Gasteiger partial charge in [-0.1, -0.05) is 30.3 Å². The average molecular weight is 261 g/mol. The molecule has 0 spiro atoms. The minimum Gasteiger partial charge on any atom is -0.318 e. The average Bonchev–Trinajstić information content (AvgIpc) is 2.35. The molecule has 2 aromatic carbocycles. The third-order valence-electron chi connectivity index (χ3n) is 3.62. The number of hydrogen-bond donors (Lipinski definition) is 1. The van der Waals surface area contributed by atoms with Crippen LogP contribution in [0.4, 0.5) is 8.78 Å². The van der Waals surface area contributed by atoms with E-state index in [1.807, 2.05) is 32.0 Å². The maximum atomic E-state index is 13.9. The first-order valence-corrected chi connectivity index (χ1v) is 6.15. The summed E-state index contributed by atoms with van der Waals surface area (Å²) in [5, 5.41) is 0. The number of rotatable bonds is 2. The van der Waals surface area contributed by atoms with Gasteiger partial charge in [0, 0.05) is 5.56 Å². The van der Waals surface area contributed by atoms with Crippen LogP contribution in [0.3, 0.4) is 0 Å². The maximum Gasteiger partial charge on any atom is 0.164 e. The van der Waals surface area contributed by atoms with Crippen molar-refractivity contribution in [1.29, 1.82) is 0 Å². The fraction of sp³-hybridized carbons (Fsp3) is 0.250. The SMILES string of the molecule is Cc1ccc(C(C)(N)c2cccc(F)c2F)cc1C. The standard InChI is InChI=1S/C16H17F2N/c1-10-7-8-12(9-11(10)2)16(3,19)13-5-4-6-14(17)15(13)18/h4-9H,19H2,1-3H3. The Labute approximate surface area is 112 Å². The Balaban J connectivity index is 2.58. The molecule has 1 unspecified atom stereocenters. The van der Waals surface area contributed by atoms with E-state index in [2.05, 4.69) is 0 Å². The van der Waals surface area contributed by atoms with Crippen molar-refractivity contribution >= 4 is 0 Å². The van der Waals surface area contributed by atoms with E-state index < -0.39 is 17.2 Å². The molecule has 0 aliphatic carbocycles. The van der Waals surface area contributed by atoms with E-state index in [1.165, 1.54) is 12.1 Å². The van der Waals surface area contributed by atoms with Crippen molar-refractivity contribution in [3.05, 3.63) is 70.3 Å². The van der Waals surface area contributed by atoms with Crippen LogP contribution in [0, 0.1) is 25.5 Å². The minimum atomic E-state index is -1.06. The summed E-state index contributed by atoms with van der Waals surface area (Å²) in [4.78, 5) is 0. The Kier molecular flexibility index (Phi) is 3.42. The Morgan fingerprint density at radius 3 is 2.32 bits per heavy atom. The second-order valence-corrected chi connectivity index (χ2v) is 5.10. The Bertz CT molecular complexity index is 618. The molecule has 0 bridgehead atoms. The zero-order valence-corrected chi connectivity index (χ0v) is 11.3. The molecule has 1 nitrogen and oxygen atoms in total. The van der Waals surface area contributed by atoms with Gasteiger partial charge in [-0.05, 0) is 43.5 Å². The zero-order valence-electron chi connectivity index (χ0n) is 11.3. The molecule has 0 aliphatic heterocycles. The van der Waals surface area contributed by atoms with E-state index in [1.54, 1.807) is 6.92 Å². The summed E-state index contributed by atoms with van der Waals surface area (Å²) in [5.74, 6) is -1.76. The van der Waals surface area contributed by atoms with Crippen LogP contribution in [0.2, 0.25) is 0 Å². The van der Waals surface area contributed by atoms with E-state index in [4.69, 9.17) is 5.73 Å². The van der Waals surface area contributed by atoms with Crippen molar-refractivity contribution in [2.45, 2.75) is 26.3 Å². The summed E-state index contributed by atoms with van der Waals surface area (Å²) in [6, 6.07) is 9.79. The van der Waals surface area contributed by atoms with Crippen molar-refractivity contribution in [1.82, 2.24) is 0 Å². The molecule has 2 aromatic rings. The van der Waals surface area contributed by atoms with Crippen molar-refractivity contribution in [3.63, 3.8) is 0 Å². The van der Waals surface area contributed by atoms with Crippen LogP contribution in [-0.4, -0.2) is 0 Å². The molecule has 0 radical (unpaired) electrons. The first-order valence-electron chi connectivity index (χ1n) is 6.15. The summed E-state index contributed by atoms with van der Waals surface area (Å²) in [6.07, 6.45) is 0. The molecule has 19 heavy (non-hydrogen) atoms. The van der Waals surface area contributed by atoms with Crippen LogP contribution in [0.5, 0.6) is 0 Å². The highest BCUT2D eigenvalue weighted by molar-refractivity contribution is 5.41. The first kappa shape index (κ1) is 13.7. The van der Waals surface area contributed by atoms with Gasteiger partial charge < -0.3 is 5.73 Å². The van der Waals surface area contributed by atoms with E-state index in [0.29, 0.717) is 0 Å². The van der Waals surface area contributed by atoms with Gasteiger partial charge in [0.05, 0.1) is 5.54 Å². The number of benzene rings is 2. The maximum absolute atomic E-state index is 13.9. The lowest BCUT2D eigenvalue weighted by molar-refractivity contribution is 0.468. The second kappa shape index (κ2) is 4.74. The Hall–Kier alpha value is -1.74. The fourth-order valence-electron chi connectivity index (χ4n) is 2.12. The molecule has 2 rings (SSSR count). The molecule has 0 heterocycles. The van der Waals surface area contributed by atoms with Crippen molar-refractivity contribution in [2.75, 3.05) is 0 Å². The van der Waals surface area contributed by atoms with E-state index >= 15 is 0 Å². The topological polar surface area (TPSA) is 26.0 Å². The minimum absolute atomic E-state index is 0.163. The van der Waals surface area contributed by atoms with Gasteiger partial charge in [0.2, 0.25) is 0 Å². The third-order valence-corrected chi connectivity index (χ3v) is 3.62. The van der Waals surface area contributed by atoms with E-state index in [9.17, 15) is 8.78 Å². The molecule has 0 aromatic heterocycles. The van der Waals surface area contributed by atoms with E-state index in [-0.39, 0.29) is 5.56 Å². The first-order chi connectivity index (χ1) is 8.84. The van der Waals surface area contributed by atoms with Crippen molar-refractivity contribution in [2.24, 2.45) is 5.73 Å². The van der Waals surface area contributed by atoms with Gasteiger partial charge in [-0.2, -0.15) is 0 Å². The van der Waals surface area contributed by atoms with Gasteiger partial charge in [0.25, 0.3) is 0 Å². The molecule has 1 atom stereocenters. The molecular formula is C16H17F2N. The van der Waals surface area contributed by atoms with Crippen LogP contribution in [0.1, 0.15) is 29.2 Å². The van der Waals surface area contributed by atoms with Crippen LogP contribution in [-0.2, 0) is 5.54 Å². The summed E-state index contributed by atoms with van der Waals surface area (Å²) in [6.45, 7) is 5.65. The monoisotopic (exact) mass is 261 g/mol. The smallest absolute Gasteiger partial charge is 0.164 e. The quantitative estimate of drug-likeness (QED) is 0.874. The van der Waals surface area contributed by atoms with Gasteiger partial charge in [0.15, 0.2) is 11.6 Å². The largest absolute Gasteiger partial charge is 0.318 e. The Morgan fingerprint density at radius 2 is 1.68 bits per heavy atom. The molecule has 0 amide bonds. The molecule has 0 aliphatic rings. The zero-order chi connectivity index (χ0) is 14.2. The lowest BCUT2D eigenvalue weighted by Crippen LogP contribution is -2.35. The van der Waals surface area contributed by atoms with Gasteiger partial charge in [-0.25, -0.2) is 8.78 Å². The van der Waals surface area contributed by atoms with Gasteiger partial charge in [-0.15, -0.1) is 0 Å². The highest BCUT2D eigenvalue weighted by Crippen LogP contribution is 2.30. The predicted octanol–water partition coefficient (Wildman–Crippen LogP) is 3.80. The van der Waals surface area contributed by atoms with Crippen LogP contribution < -0.4 is 5.73 Å². The molecule has 0 saturated carbocycles. The van der Waals surface area contributed by atoms with Crippen molar-refractivity contribution < 1.29 is 8.78 Å². The Morgan fingerprint density at radius 1 is 1.00 bits per heavy atom. The summed E-state index contributed by atoms with van der Waals surface area (Å²) in [7, 11) is 0. The van der Waals surface area contributed by atoms with Crippen LogP contribution >= 0.6 is 0 Å². The summed E-state index contributed by atoms with van der Waals surface area (Å²) < 4.78 is 27.2. The highest BCUT2D eigenvalue weighted by atomic mass is 19.2. The highest BCUT2D eigenvalue weighted by Gasteiger charge is 2.28. The molecule has 0 fully saturated rings. The molecule has 3 heteroatoms. The summed E-state index contributed by atoms with van der Waals surface area (Å²) >= 11 is 0.